The van der Waals surface area contributed by atoms with E-state index in [0.717, 1.165) is 11.6 Å². The molecule has 92 valence electrons. The van der Waals surface area contributed by atoms with Gasteiger partial charge in [-0.05, 0) is 36.8 Å². The average molecular weight is 245 g/mol. The van der Waals surface area contributed by atoms with Crippen molar-refractivity contribution in [2.45, 2.75) is 13.0 Å². The van der Waals surface area contributed by atoms with Gasteiger partial charge >= 0.3 is 0 Å². The fraction of sp³-hybridized carbons (Fsp3) is 0.154. The SMILES string of the molecule is CC(NC(=O)c1ccc(F)nc1)c1ccncc1. The summed E-state index contributed by atoms with van der Waals surface area (Å²) in [4.78, 5) is 19.2. The summed E-state index contributed by atoms with van der Waals surface area (Å²) < 4.78 is 12.6. The van der Waals surface area contributed by atoms with Crippen molar-refractivity contribution >= 4 is 5.91 Å². The number of hydrogen-bond donors (Lipinski definition) is 1. The first-order valence-electron chi connectivity index (χ1n) is 5.49. The molecule has 4 nitrogen and oxygen atoms in total. The summed E-state index contributed by atoms with van der Waals surface area (Å²) in [5.74, 6) is -0.888. The molecule has 18 heavy (non-hydrogen) atoms. The van der Waals surface area contributed by atoms with Gasteiger partial charge in [0.2, 0.25) is 5.95 Å². The van der Waals surface area contributed by atoms with E-state index >= 15 is 0 Å². The van der Waals surface area contributed by atoms with Crippen LogP contribution in [0.5, 0.6) is 0 Å². The monoisotopic (exact) mass is 245 g/mol. The average Bonchev–Trinajstić information content (AvgIpc) is 2.40. The minimum atomic E-state index is -0.603. The Labute approximate surface area is 104 Å². The molecular weight excluding hydrogens is 233 g/mol. The summed E-state index contributed by atoms with van der Waals surface area (Å²) >= 11 is 0. The number of rotatable bonds is 3. The molecule has 1 amide bonds. The summed E-state index contributed by atoms with van der Waals surface area (Å²) in [6, 6.07) is 6.07. The molecule has 0 aromatic carbocycles. The number of nitrogens with one attached hydrogen (secondary N) is 1. The number of amides is 1. The van der Waals surface area contributed by atoms with Crippen molar-refractivity contribution in [2.24, 2.45) is 0 Å². The van der Waals surface area contributed by atoms with Gasteiger partial charge in [0.1, 0.15) is 0 Å². The number of pyridine rings is 2. The van der Waals surface area contributed by atoms with E-state index in [9.17, 15) is 9.18 Å². The Morgan fingerprint density at radius 2 is 2.00 bits per heavy atom. The lowest BCUT2D eigenvalue weighted by Gasteiger charge is -2.13. The lowest BCUT2D eigenvalue weighted by atomic mass is 10.1. The van der Waals surface area contributed by atoms with Gasteiger partial charge in [-0.25, -0.2) is 4.98 Å². The second-order valence-electron chi connectivity index (χ2n) is 3.85. The van der Waals surface area contributed by atoms with Crippen LogP contribution in [-0.4, -0.2) is 15.9 Å². The first kappa shape index (κ1) is 12.2. The summed E-state index contributed by atoms with van der Waals surface area (Å²) in [5.41, 5.74) is 1.28. The standard InChI is InChI=1S/C13H12FN3O/c1-9(10-4-6-15-7-5-10)17-13(18)11-2-3-12(14)16-8-11/h2-9H,1H3,(H,17,18). The van der Waals surface area contributed by atoms with Crippen LogP contribution in [0.3, 0.4) is 0 Å². The lowest BCUT2D eigenvalue weighted by molar-refractivity contribution is 0.0939. The van der Waals surface area contributed by atoms with Crippen molar-refractivity contribution in [2.75, 3.05) is 0 Å². The summed E-state index contributed by atoms with van der Waals surface area (Å²) in [6.45, 7) is 1.87. The van der Waals surface area contributed by atoms with Crippen molar-refractivity contribution in [3.63, 3.8) is 0 Å². The van der Waals surface area contributed by atoms with Gasteiger partial charge < -0.3 is 5.32 Å². The molecule has 2 rings (SSSR count). The molecule has 0 aliphatic carbocycles. The zero-order chi connectivity index (χ0) is 13.0. The van der Waals surface area contributed by atoms with E-state index in [1.165, 1.54) is 12.3 Å². The molecule has 0 aliphatic rings. The van der Waals surface area contributed by atoms with Crippen LogP contribution in [-0.2, 0) is 0 Å². The first-order valence-corrected chi connectivity index (χ1v) is 5.49. The van der Waals surface area contributed by atoms with Crippen molar-refractivity contribution in [3.05, 3.63) is 59.9 Å². The number of halogens is 1. The third-order valence-electron chi connectivity index (χ3n) is 2.54. The molecule has 0 saturated heterocycles. The zero-order valence-electron chi connectivity index (χ0n) is 9.80. The fourth-order valence-corrected chi connectivity index (χ4v) is 1.53. The molecule has 0 fully saturated rings. The van der Waals surface area contributed by atoms with Crippen molar-refractivity contribution < 1.29 is 9.18 Å². The van der Waals surface area contributed by atoms with E-state index < -0.39 is 5.95 Å². The first-order chi connectivity index (χ1) is 8.66. The molecule has 2 aromatic heterocycles. The van der Waals surface area contributed by atoms with Gasteiger partial charge in [0.15, 0.2) is 0 Å². The highest BCUT2D eigenvalue weighted by atomic mass is 19.1. The van der Waals surface area contributed by atoms with Crippen molar-refractivity contribution in [1.82, 2.24) is 15.3 Å². The smallest absolute Gasteiger partial charge is 0.253 e. The van der Waals surface area contributed by atoms with Crippen molar-refractivity contribution in [1.29, 1.82) is 0 Å². The molecule has 0 aliphatic heterocycles. The van der Waals surface area contributed by atoms with Crippen molar-refractivity contribution in [3.8, 4) is 0 Å². The Hall–Kier alpha value is -2.30. The second kappa shape index (κ2) is 5.35. The minimum Gasteiger partial charge on any atom is -0.345 e. The van der Waals surface area contributed by atoms with E-state index in [2.05, 4.69) is 15.3 Å². The predicted molar refractivity (Wildman–Crippen MR) is 64.3 cm³/mol. The maximum atomic E-state index is 12.6. The molecule has 5 heteroatoms. The Morgan fingerprint density at radius 3 is 2.61 bits per heavy atom. The molecule has 0 bridgehead atoms. The molecule has 1 atom stereocenters. The van der Waals surface area contributed by atoms with Gasteiger partial charge in [0, 0.05) is 18.6 Å². The van der Waals surface area contributed by atoms with E-state index in [1.807, 2.05) is 19.1 Å². The maximum absolute atomic E-state index is 12.6. The fourth-order valence-electron chi connectivity index (χ4n) is 1.53. The van der Waals surface area contributed by atoms with E-state index in [0.29, 0.717) is 5.56 Å². The van der Waals surface area contributed by atoms with E-state index in [4.69, 9.17) is 0 Å². The highest BCUT2D eigenvalue weighted by Gasteiger charge is 2.11. The topological polar surface area (TPSA) is 54.9 Å². The van der Waals surface area contributed by atoms with Crippen LogP contribution in [0.1, 0.15) is 28.9 Å². The van der Waals surface area contributed by atoms with Crippen LogP contribution in [0.15, 0.2) is 42.9 Å². The third-order valence-corrected chi connectivity index (χ3v) is 2.54. The summed E-state index contributed by atoms with van der Waals surface area (Å²) in [5, 5.41) is 2.80. The van der Waals surface area contributed by atoms with Gasteiger partial charge in [-0.2, -0.15) is 4.39 Å². The Balaban J connectivity index is 2.06. The normalized spacial score (nSPS) is 11.9. The molecule has 1 N–H and O–H groups in total. The largest absolute Gasteiger partial charge is 0.345 e. The zero-order valence-corrected chi connectivity index (χ0v) is 9.80. The highest BCUT2D eigenvalue weighted by Crippen LogP contribution is 2.11. The van der Waals surface area contributed by atoms with Crippen LogP contribution < -0.4 is 5.32 Å². The summed E-state index contributed by atoms with van der Waals surface area (Å²) in [6.07, 6.45) is 4.54. The van der Waals surface area contributed by atoms with Gasteiger partial charge in [-0.15, -0.1) is 0 Å². The molecule has 0 radical (unpaired) electrons. The van der Waals surface area contributed by atoms with Crippen LogP contribution in [0, 0.1) is 5.95 Å². The number of hydrogen-bond acceptors (Lipinski definition) is 3. The predicted octanol–water partition coefficient (Wildman–Crippen LogP) is 2.11. The number of nitrogens with zero attached hydrogens (tertiary/aromatic N) is 2. The van der Waals surface area contributed by atoms with Gasteiger partial charge in [-0.3, -0.25) is 9.78 Å². The number of carbonyl (C=O) groups is 1. The molecule has 2 aromatic rings. The van der Waals surface area contributed by atoms with Crippen LogP contribution >= 0.6 is 0 Å². The Bertz CT molecular complexity index is 528. The second-order valence-corrected chi connectivity index (χ2v) is 3.85. The third kappa shape index (κ3) is 2.88. The minimum absolute atomic E-state index is 0.148. The lowest BCUT2D eigenvalue weighted by Crippen LogP contribution is -2.26. The number of carbonyl (C=O) groups excluding carboxylic acids is 1. The van der Waals surface area contributed by atoms with E-state index in [1.54, 1.807) is 12.4 Å². The number of aromatic nitrogens is 2. The Kier molecular flexibility index (Phi) is 3.62. The van der Waals surface area contributed by atoms with Crippen LogP contribution in [0.25, 0.3) is 0 Å². The van der Waals surface area contributed by atoms with Crippen LogP contribution in [0.4, 0.5) is 4.39 Å². The van der Waals surface area contributed by atoms with E-state index in [-0.39, 0.29) is 11.9 Å². The quantitative estimate of drug-likeness (QED) is 0.842. The molecule has 1 unspecified atom stereocenters. The van der Waals surface area contributed by atoms with Gasteiger partial charge in [0.25, 0.3) is 5.91 Å². The van der Waals surface area contributed by atoms with Crippen LogP contribution in [0.2, 0.25) is 0 Å². The van der Waals surface area contributed by atoms with Gasteiger partial charge in [0.05, 0.1) is 11.6 Å². The maximum Gasteiger partial charge on any atom is 0.253 e. The molecule has 0 spiro atoms. The summed E-state index contributed by atoms with van der Waals surface area (Å²) in [7, 11) is 0. The molecular formula is C13H12FN3O. The molecule has 0 saturated carbocycles. The molecule has 2 heterocycles. The Morgan fingerprint density at radius 1 is 1.28 bits per heavy atom. The highest BCUT2D eigenvalue weighted by molar-refractivity contribution is 5.94. The van der Waals surface area contributed by atoms with Gasteiger partial charge in [-0.1, -0.05) is 0 Å².